The topological polar surface area (TPSA) is 60.9 Å². The van der Waals surface area contributed by atoms with Gasteiger partial charge in [0.1, 0.15) is 0 Å². The van der Waals surface area contributed by atoms with Crippen LogP contribution in [0.15, 0.2) is 24.3 Å². The maximum atomic E-state index is 12.3. The van der Waals surface area contributed by atoms with Crippen molar-refractivity contribution in [2.24, 2.45) is 11.8 Å². The van der Waals surface area contributed by atoms with Gasteiger partial charge in [0, 0.05) is 32.6 Å². The number of urea groups is 1. The molecule has 1 aromatic rings. The largest absolute Gasteiger partial charge is 0.481 e. The van der Waals surface area contributed by atoms with E-state index in [-0.39, 0.29) is 11.9 Å². The number of benzene rings is 1. The number of hydrogen-bond acceptors (Lipinski definition) is 2. The smallest absolute Gasteiger partial charge is 0.320 e. The summed E-state index contributed by atoms with van der Waals surface area (Å²) < 4.78 is 0. The number of hydrogen-bond donors (Lipinski definition) is 1. The predicted octanol–water partition coefficient (Wildman–Crippen LogP) is 2.20. The number of likely N-dealkylation sites (tertiary alicyclic amines) is 1. The van der Waals surface area contributed by atoms with Crippen LogP contribution in [0.1, 0.15) is 18.1 Å². The SMILES string of the molecule is Cc1cccc(CN(C)C(=O)N2CC(C(C)C(=O)O)C2)c1. The Labute approximate surface area is 125 Å². The van der Waals surface area contributed by atoms with Gasteiger partial charge in [-0.05, 0) is 12.5 Å². The molecule has 2 amide bonds. The molecule has 2 rings (SSSR count). The lowest BCUT2D eigenvalue weighted by atomic mass is 9.87. The van der Waals surface area contributed by atoms with Crippen LogP contribution in [0.2, 0.25) is 0 Å². The number of carboxylic acids is 1. The van der Waals surface area contributed by atoms with Gasteiger partial charge in [-0.1, -0.05) is 36.8 Å². The molecule has 0 aliphatic carbocycles. The van der Waals surface area contributed by atoms with E-state index >= 15 is 0 Å². The number of carbonyl (C=O) groups excluding carboxylic acids is 1. The molecule has 0 radical (unpaired) electrons. The molecule has 5 heteroatoms. The monoisotopic (exact) mass is 290 g/mol. The summed E-state index contributed by atoms with van der Waals surface area (Å²) in [6.07, 6.45) is 0. The number of carbonyl (C=O) groups is 2. The third-order valence-corrected chi connectivity index (χ3v) is 4.11. The molecule has 1 saturated heterocycles. The zero-order valence-corrected chi connectivity index (χ0v) is 12.7. The second kappa shape index (κ2) is 6.16. The molecule has 114 valence electrons. The van der Waals surface area contributed by atoms with E-state index in [4.69, 9.17) is 5.11 Å². The highest BCUT2D eigenvalue weighted by atomic mass is 16.4. The first-order chi connectivity index (χ1) is 9.88. The van der Waals surface area contributed by atoms with Crippen LogP contribution >= 0.6 is 0 Å². The van der Waals surface area contributed by atoms with Gasteiger partial charge in [-0.25, -0.2) is 4.79 Å². The van der Waals surface area contributed by atoms with Gasteiger partial charge in [-0.15, -0.1) is 0 Å². The van der Waals surface area contributed by atoms with Crippen molar-refractivity contribution in [3.05, 3.63) is 35.4 Å². The summed E-state index contributed by atoms with van der Waals surface area (Å²) in [6, 6.07) is 8.04. The molecule has 5 nitrogen and oxygen atoms in total. The predicted molar refractivity (Wildman–Crippen MR) is 79.9 cm³/mol. The molecule has 1 atom stereocenters. The lowest BCUT2D eigenvalue weighted by Gasteiger charge is -2.42. The minimum Gasteiger partial charge on any atom is -0.481 e. The third-order valence-electron chi connectivity index (χ3n) is 4.11. The van der Waals surface area contributed by atoms with Crippen molar-refractivity contribution in [2.75, 3.05) is 20.1 Å². The summed E-state index contributed by atoms with van der Waals surface area (Å²) in [5, 5.41) is 8.96. The molecule has 1 aliphatic heterocycles. The molecule has 1 aliphatic rings. The molecule has 0 saturated carbocycles. The molecule has 1 aromatic carbocycles. The average molecular weight is 290 g/mol. The van der Waals surface area contributed by atoms with Crippen molar-refractivity contribution in [2.45, 2.75) is 20.4 Å². The quantitative estimate of drug-likeness (QED) is 0.924. The number of rotatable bonds is 4. The van der Waals surface area contributed by atoms with Crippen LogP contribution in [-0.4, -0.2) is 47.0 Å². The van der Waals surface area contributed by atoms with Crippen molar-refractivity contribution in [3.63, 3.8) is 0 Å². The van der Waals surface area contributed by atoms with Crippen molar-refractivity contribution in [1.29, 1.82) is 0 Å². The molecule has 1 fully saturated rings. The number of carboxylic acid groups (broad SMARTS) is 1. The summed E-state index contributed by atoms with van der Waals surface area (Å²) in [6.45, 7) is 5.36. The first-order valence-electron chi connectivity index (χ1n) is 7.17. The Morgan fingerprint density at radius 1 is 1.43 bits per heavy atom. The molecule has 0 aromatic heterocycles. The van der Waals surface area contributed by atoms with Crippen LogP contribution in [-0.2, 0) is 11.3 Å². The Hall–Kier alpha value is -2.04. The normalized spacial score (nSPS) is 16.2. The van der Waals surface area contributed by atoms with E-state index in [2.05, 4.69) is 6.07 Å². The molecule has 0 bridgehead atoms. The van der Waals surface area contributed by atoms with Gasteiger partial charge in [0.05, 0.1) is 5.92 Å². The summed E-state index contributed by atoms with van der Waals surface area (Å²) in [5.74, 6) is -1.12. The molecular weight excluding hydrogens is 268 g/mol. The second-order valence-corrected chi connectivity index (χ2v) is 5.92. The van der Waals surface area contributed by atoms with Gasteiger partial charge in [0.25, 0.3) is 0 Å². The maximum Gasteiger partial charge on any atom is 0.320 e. The Morgan fingerprint density at radius 2 is 2.10 bits per heavy atom. The molecule has 1 heterocycles. The second-order valence-electron chi connectivity index (χ2n) is 5.92. The van der Waals surface area contributed by atoms with Crippen LogP contribution in [0.5, 0.6) is 0 Å². The Kier molecular flexibility index (Phi) is 4.50. The van der Waals surface area contributed by atoms with Gasteiger partial charge < -0.3 is 14.9 Å². The molecule has 1 N–H and O–H groups in total. The van der Waals surface area contributed by atoms with Gasteiger partial charge in [0.2, 0.25) is 0 Å². The van der Waals surface area contributed by atoms with E-state index in [0.29, 0.717) is 19.6 Å². The first kappa shape index (κ1) is 15.4. The average Bonchev–Trinajstić information content (AvgIpc) is 2.36. The van der Waals surface area contributed by atoms with Crippen molar-refractivity contribution >= 4 is 12.0 Å². The summed E-state index contributed by atoms with van der Waals surface area (Å²) in [5.41, 5.74) is 2.27. The number of aliphatic carboxylic acids is 1. The lowest BCUT2D eigenvalue weighted by molar-refractivity contribution is -0.144. The fraction of sp³-hybridized carbons (Fsp3) is 0.500. The summed E-state index contributed by atoms with van der Waals surface area (Å²) in [4.78, 5) is 26.5. The zero-order valence-electron chi connectivity index (χ0n) is 12.7. The summed E-state index contributed by atoms with van der Waals surface area (Å²) in [7, 11) is 1.78. The highest BCUT2D eigenvalue weighted by molar-refractivity contribution is 5.76. The number of nitrogens with zero attached hydrogens (tertiary/aromatic N) is 2. The standard InChI is InChI=1S/C16H22N2O3/c1-11-5-4-6-13(7-11)8-17(3)16(21)18-9-14(10-18)12(2)15(19)20/h4-7,12,14H,8-10H2,1-3H3,(H,19,20). The molecular formula is C16H22N2O3. The van der Waals surface area contributed by atoms with Crippen LogP contribution in [0.4, 0.5) is 4.79 Å². The van der Waals surface area contributed by atoms with Crippen LogP contribution < -0.4 is 0 Å². The van der Waals surface area contributed by atoms with E-state index in [1.807, 2.05) is 25.1 Å². The highest BCUT2D eigenvalue weighted by Gasteiger charge is 2.38. The lowest BCUT2D eigenvalue weighted by Crippen LogP contribution is -2.56. The van der Waals surface area contributed by atoms with Crippen molar-refractivity contribution in [3.8, 4) is 0 Å². The number of aryl methyl sites for hydroxylation is 1. The van der Waals surface area contributed by atoms with Gasteiger partial charge in [0.15, 0.2) is 0 Å². The van der Waals surface area contributed by atoms with E-state index in [1.165, 1.54) is 5.56 Å². The Balaban J connectivity index is 1.86. The van der Waals surface area contributed by atoms with E-state index < -0.39 is 11.9 Å². The van der Waals surface area contributed by atoms with Crippen molar-refractivity contribution < 1.29 is 14.7 Å². The highest BCUT2D eigenvalue weighted by Crippen LogP contribution is 2.25. The van der Waals surface area contributed by atoms with Crippen LogP contribution in [0, 0.1) is 18.8 Å². The molecule has 21 heavy (non-hydrogen) atoms. The fourth-order valence-corrected chi connectivity index (χ4v) is 2.58. The third kappa shape index (κ3) is 3.54. The van der Waals surface area contributed by atoms with E-state index in [1.54, 1.807) is 23.8 Å². The minimum absolute atomic E-state index is 0.0367. The van der Waals surface area contributed by atoms with E-state index in [9.17, 15) is 9.59 Å². The Bertz CT molecular complexity index is 538. The van der Waals surface area contributed by atoms with Gasteiger partial charge in [-0.2, -0.15) is 0 Å². The summed E-state index contributed by atoms with van der Waals surface area (Å²) >= 11 is 0. The van der Waals surface area contributed by atoms with Gasteiger partial charge >= 0.3 is 12.0 Å². The first-order valence-corrected chi connectivity index (χ1v) is 7.17. The minimum atomic E-state index is -0.791. The van der Waals surface area contributed by atoms with E-state index in [0.717, 1.165) is 5.56 Å². The maximum absolute atomic E-state index is 12.3. The van der Waals surface area contributed by atoms with Crippen LogP contribution in [0.25, 0.3) is 0 Å². The van der Waals surface area contributed by atoms with Crippen molar-refractivity contribution in [1.82, 2.24) is 9.80 Å². The molecule has 0 spiro atoms. The zero-order chi connectivity index (χ0) is 15.6. The number of amides is 2. The molecule has 1 unspecified atom stereocenters. The fourth-order valence-electron chi connectivity index (χ4n) is 2.58. The van der Waals surface area contributed by atoms with Gasteiger partial charge in [-0.3, -0.25) is 4.79 Å². The van der Waals surface area contributed by atoms with Crippen LogP contribution in [0.3, 0.4) is 0 Å². The Morgan fingerprint density at radius 3 is 2.67 bits per heavy atom.